The van der Waals surface area contributed by atoms with Crippen molar-refractivity contribution in [1.29, 1.82) is 0 Å². The standard InChI is InChI=1S/C16H21N3O2/c20-16-4-2-1-3-13(16)10-19-7-5-15(6-8-19)21-11-14-9-17-12-18-14/h1-4,9,12,15,20H,5-8,10-11H2,(H,17,18). The van der Waals surface area contributed by atoms with E-state index < -0.39 is 0 Å². The number of nitrogens with zero attached hydrogens (tertiary/aromatic N) is 2. The molecule has 0 radical (unpaired) electrons. The van der Waals surface area contributed by atoms with Crippen molar-refractivity contribution in [3.8, 4) is 5.75 Å². The SMILES string of the molecule is Oc1ccccc1CN1CCC(OCc2c[nH]cn2)CC1. The van der Waals surface area contributed by atoms with Crippen molar-refractivity contribution in [2.45, 2.75) is 32.1 Å². The Balaban J connectivity index is 1.44. The zero-order chi connectivity index (χ0) is 14.5. The van der Waals surface area contributed by atoms with Crippen molar-refractivity contribution in [3.63, 3.8) is 0 Å². The summed E-state index contributed by atoms with van der Waals surface area (Å²) in [5.74, 6) is 0.384. The predicted molar refractivity (Wildman–Crippen MR) is 79.8 cm³/mol. The summed E-state index contributed by atoms with van der Waals surface area (Å²) in [6.07, 6.45) is 5.90. The van der Waals surface area contributed by atoms with Crippen LogP contribution in [-0.4, -0.2) is 39.2 Å². The molecule has 0 unspecified atom stereocenters. The fraction of sp³-hybridized carbons (Fsp3) is 0.438. The Labute approximate surface area is 124 Å². The number of H-pyrrole nitrogens is 1. The molecule has 0 amide bonds. The highest BCUT2D eigenvalue weighted by atomic mass is 16.5. The molecule has 2 aromatic rings. The number of para-hydroxylation sites is 1. The van der Waals surface area contributed by atoms with Gasteiger partial charge in [0.2, 0.25) is 0 Å². The van der Waals surface area contributed by atoms with Crippen molar-refractivity contribution in [2.75, 3.05) is 13.1 Å². The van der Waals surface area contributed by atoms with E-state index in [9.17, 15) is 5.11 Å². The number of aromatic hydroxyl groups is 1. The topological polar surface area (TPSA) is 61.4 Å². The predicted octanol–water partition coefficient (Wildman–Crippen LogP) is 2.30. The molecule has 0 saturated carbocycles. The van der Waals surface area contributed by atoms with E-state index in [0.717, 1.165) is 43.7 Å². The zero-order valence-corrected chi connectivity index (χ0v) is 12.0. The number of benzene rings is 1. The molecular formula is C16H21N3O2. The fourth-order valence-electron chi connectivity index (χ4n) is 2.69. The van der Waals surface area contributed by atoms with Crippen LogP contribution in [0.4, 0.5) is 0 Å². The van der Waals surface area contributed by atoms with Gasteiger partial charge < -0.3 is 14.8 Å². The number of aromatic nitrogens is 2. The summed E-state index contributed by atoms with van der Waals surface area (Å²) >= 11 is 0. The maximum absolute atomic E-state index is 9.82. The van der Waals surface area contributed by atoms with E-state index >= 15 is 0 Å². The number of hydrogen-bond acceptors (Lipinski definition) is 4. The smallest absolute Gasteiger partial charge is 0.120 e. The molecule has 1 aliphatic rings. The van der Waals surface area contributed by atoms with Gasteiger partial charge in [0, 0.05) is 31.4 Å². The average molecular weight is 287 g/mol. The monoisotopic (exact) mass is 287 g/mol. The Morgan fingerprint density at radius 1 is 1.29 bits per heavy atom. The minimum absolute atomic E-state index is 0.308. The second kappa shape index (κ2) is 6.74. The highest BCUT2D eigenvalue weighted by Gasteiger charge is 2.20. The number of aromatic amines is 1. The normalized spacial score (nSPS) is 17.1. The van der Waals surface area contributed by atoms with E-state index in [-0.39, 0.29) is 0 Å². The molecule has 2 N–H and O–H groups in total. The van der Waals surface area contributed by atoms with Crippen LogP contribution in [0.25, 0.3) is 0 Å². The maximum atomic E-state index is 9.82. The Morgan fingerprint density at radius 2 is 2.10 bits per heavy atom. The minimum Gasteiger partial charge on any atom is -0.508 e. The molecule has 1 aliphatic heterocycles. The number of nitrogens with one attached hydrogen (secondary N) is 1. The second-order valence-corrected chi connectivity index (χ2v) is 5.48. The lowest BCUT2D eigenvalue weighted by atomic mass is 10.1. The first-order valence-corrected chi connectivity index (χ1v) is 7.40. The molecule has 0 bridgehead atoms. The highest BCUT2D eigenvalue weighted by Crippen LogP contribution is 2.21. The van der Waals surface area contributed by atoms with E-state index in [2.05, 4.69) is 14.9 Å². The molecule has 1 aromatic heterocycles. The van der Waals surface area contributed by atoms with Gasteiger partial charge in [-0.15, -0.1) is 0 Å². The Hall–Kier alpha value is -1.85. The van der Waals surface area contributed by atoms with Gasteiger partial charge in [-0.2, -0.15) is 0 Å². The summed E-state index contributed by atoms with van der Waals surface area (Å²) in [5, 5.41) is 9.82. The Morgan fingerprint density at radius 3 is 2.81 bits per heavy atom. The summed E-state index contributed by atoms with van der Waals surface area (Å²) < 4.78 is 5.89. The number of rotatable bonds is 5. The molecule has 3 rings (SSSR count). The highest BCUT2D eigenvalue weighted by molar-refractivity contribution is 5.31. The molecule has 0 atom stereocenters. The maximum Gasteiger partial charge on any atom is 0.120 e. The molecule has 5 heteroatoms. The van der Waals surface area contributed by atoms with E-state index in [1.807, 2.05) is 24.4 Å². The Bertz CT molecular complexity index is 548. The fourth-order valence-corrected chi connectivity index (χ4v) is 2.69. The lowest BCUT2D eigenvalue weighted by Crippen LogP contribution is -2.36. The quantitative estimate of drug-likeness (QED) is 0.886. The van der Waals surface area contributed by atoms with Crippen molar-refractivity contribution < 1.29 is 9.84 Å². The summed E-state index contributed by atoms with van der Waals surface area (Å²) in [5.41, 5.74) is 1.94. The molecule has 2 heterocycles. The summed E-state index contributed by atoms with van der Waals surface area (Å²) in [6.45, 7) is 3.38. The molecule has 1 fully saturated rings. The van der Waals surface area contributed by atoms with Crippen LogP contribution in [0.1, 0.15) is 24.1 Å². The number of imidazole rings is 1. The number of piperidine rings is 1. The van der Waals surface area contributed by atoms with Gasteiger partial charge >= 0.3 is 0 Å². The lowest BCUT2D eigenvalue weighted by Gasteiger charge is -2.31. The third-order valence-electron chi connectivity index (χ3n) is 3.94. The van der Waals surface area contributed by atoms with Gasteiger partial charge in [0.15, 0.2) is 0 Å². The molecule has 1 aromatic carbocycles. The summed E-state index contributed by atoms with van der Waals surface area (Å²) in [6, 6.07) is 7.55. The number of ether oxygens (including phenoxy) is 1. The second-order valence-electron chi connectivity index (χ2n) is 5.48. The zero-order valence-electron chi connectivity index (χ0n) is 12.0. The van der Waals surface area contributed by atoms with Crippen molar-refractivity contribution in [2.24, 2.45) is 0 Å². The summed E-state index contributed by atoms with van der Waals surface area (Å²) in [4.78, 5) is 9.46. The van der Waals surface area contributed by atoms with Crippen molar-refractivity contribution in [3.05, 3.63) is 48.0 Å². The van der Waals surface area contributed by atoms with Gasteiger partial charge in [-0.05, 0) is 18.9 Å². The molecule has 0 spiro atoms. The third-order valence-corrected chi connectivity index (χ3v) is 3.94. The molecule has 21 heavy (non-hydrogen) atoms. The van der Waals surface area contributed by atoms with E-state index in [4.69, 9.17) is 4.74 Å². The first kappa shape index (κ1) is 14.1. The van der Waals surface area contributed by atoms with Crippen LogP contribution in [0.15, 0.2) is 36.8 Å². The summed E-state index contributed by atoms with van der Waals surface area (Å²) in [7, 11) is 0. The van der Waals surface area contributed by atoms with E-state index in [0.29, 0.717) is 18.5 Å². The van der Waals surface area contributed by atoms with Gasteiger partial charge in [-0.25, -0.2) is 4.98 Å². The largest absolute Gasteiger partial charge is 0.508 e. The van der Waals surface area contributed by atoms with Gasteiger partial charge in [0.1, 0.15) is 5.75 Å². The van der Waals surface area contributed by atoms with Crippen LogP contribution in [0, 0.1) is 0 Å². The minimum atomic E-state index is 0.308. The number of likely N-dealkylation sites (tertiary alicyclic amines) is 1. The Kier molecular flexibility index (Phi) is 4.52. The van der Waals surface area contributed by atoms with Crippen LogP contribution >= 0.6 is 0 Å². The molecule has 0 aliphatic carbocycles. The van der Waals surface area contributed by atoms with E-state index in [1.165, 1.54) is 0 Å². The number of phenolic OH excluding ortho intramolecular Hbond substituents is 1. The van der Waals surface area contributed by atoms with Crippen LogP contribution < -0.4 is 0 Å². The van der Waals surface area contributed by atoms with Crippen LogP contribution in [0.2, 0.25) is 0 Å². The van der Waals surface area contributed by atoms with Crippen LogP contribution in [0.3, 0.4) is 0 Å². The lowest BCUT2D eigenvalue weighted by molar-refractivity contribution is -0.00519. The van der Waals surface area contributed by atoms with Crippen molar-refractivity contribution in [1.82, 2.24) is 14.9 Å². The number of hydrogen-bond donors (Lipinski definition) is 2. The van der Waals surface area contributed by atoms with Gasteiger partial charge in [0.05, 0.1) is 24.7 Å². The van der Waals surface area contributed by atoms with Gasteiger partial charge in [-0.1, -0.05) is 18.2 Å². The third kappa shape index (κ3) is 3.83. The van der Waals surface area contributed by atoms with Crippen LogP contribution in [0.5, 0.6) is 5.75 Å². The number of phenols is 1. The molecule has 112 valence electrons. The molecular weight excluding hydrogens is 266 g/mol. The molecule has 1 saturated heterocycles. The van der Waals surface area contributed by atoms with Gasteiger partial charge in [0.25, 0.3) is 0 Å². The first-order valence-electron chi connectivity index (χ1n) is 7.40. The van der Waals surface area contributed by atoms with E-state index in [1.54, 1.807) is 12.4 Å². The average Bonchev–Trinajstić information content (AvgIpc) is 3.02. The molecule has 5 nitrogen and oxygen atoms in total. The van der Waals surface area contributed by atoms with Crippen molar-refractivity contribution >= 4 is 0 Å². The van der Waals surface area contributed by atoms with Gasteiger partial charge in [-0.3, -0.25) is 4.90 Å². The van der Waals surface area contributed by atoms with Crippen LogP contribution in [-0.2, 0) is 17.9 Å². The first-order chi connectivity index (χ1) is 10.3.